The first-order valence-electron chi connectivity index (χ1n) is 6.42. The molecular weight excluding hydrogens is 253 g/mol. The zero-order valence-electron chi connectivity index (χ0n) is 11.1. The Labute approximate surface area is 118 Å². The average molecular weight is 269 g/mol. The van der Waals surface area contributed by atoms with Gasteiger partial charge in [0.05, 0.1) is 0 Å². The van der Waals surface area contributed by atoms with Gasteiger partial charge < -0.3 is 5.32 Å². The van der Waals surface area contributed by atoms with E-state index in [1.807, 2.05) is 30.3 Å². The van der Waals surface area contributed by atoms with Gasteiger partial charge in [0.25, 0.3) is 5.91 Å². The molecule has 3 heteroatoms. The van der Waals surface area contributed by atoms with Gasteiger partial charge in [-0.05, 0) is 29.7 Å². The number of hydrogen-bond donors (Lipinski definition) is 1. The van der Waals surface area contributed by atoms with Crippen molar-refractivity contribution in [3.63, 3.8) is 0 Å². The highest BCUT2D eigenvalue weighted by atomic mass is 19.1. The minimum atomic E-state index is -0.414. The summed E-state index contributed by atoms with van der Waals surface area (Å²) in [4.78, 5) is 12.2. The number of halogens is 1. The summed E-state index contributed by atoms with van der Waals surface area (Å²) in [5, 5.41) is 2.80. The van der Waals surface area contributed by atoms with E-state index in [9.17, 15) is 9.18 Å². The van der Waals surface area contributed by atoms with E-state index >= 15 is 0 Å². The summed E-state index contributed by atoms with van der Waals surface area (Å²) in [5.74, 6) is -0.687. The largest absolute Gasteiger partial charge is 0.348 e. The predicted octanol–water partition coefficient (Wildman–Crippen LogP) is 3.48. The third kappa shape index (κ3) is 3.54. The van der Waals surface area contributed by atoms with Gasteiger partial charge in [-0.15, -0.1) is 6.58 Å². The third-order valence-electron chi connectivity index (χ3n) is 2.98. The highest BCUT2D eigenvalue weighted by Crippen LogP contribution is 2.13. The van der Waals surface area contributed by atoms with E-state index in [1.165, 1.54) is 12.1 Å². The molecule has 2 aromatic rings. The maximum Gasteiger partial charge on any atom is 0.251 e. The van der Waals surface area contributed by atoms with Gasteiger partial charge in [0.1, 0.15) is 5.82 Å². The zero-order chi connectivity index (χ0) is 14.4. The summed E-state index contributed by atoms with van der Waals surface area (Å²) in [7, 11) is 0. The Morgan fingerprint density at radius 3 is 2.65 bits per heavy atom. The summed E-state index contributed by atoms with van der Waals surface area (Å²) < 4.78 is 13.3. The second kappa shape index (κ2) is 6.66. The van der Waals surface area contributed by atoms with Crippen LogP contribution in [0.5, 0.6) is 0 Å². The molecular formula is C17H16FNO. The minimum absolute atomic E-state index is 0.273. The lowest BCUT2D eigenvalue weighted by Gasteiger charge is -2.09. The van der Waals surface area contributed by atoms with Crippen LogP contribution in [0.1, 0.15) is 21.5 Å². The fourth-order valence-electron chi connectivity index (χ4n) is 1.97. The molecule has 0 radical (unpaired) electrons. The molecule has 0 atom stereocenters. The van der Waals surface area contributed by atoms with Crippen molar-refractivity contribution in [3.8, 4) is 0 Å². The topological polar surface area (TPSA) is 29.1 Å². The van der Waals surface area contributed by atoms with Crippen LogP contribution >= 0.6 is 0 Å². The van der Waals surface area contributed by atoms with Crippen LogP contribution in [0, 0.1) is 5.82 Å². The van der Waals surface area contributed by atoms with Gasteiger partial charge in [-0.3, -0.25) is 4.79 Å². The number of hydrogen-bond acceptors (Lipinski definition) is 1. The molecule has 2 nitrogen and oxygen atoms in total. The summed E-state index contributed by atoms with van der Waals surface area (Å²) >= 11 is 0. The number of carbonyl (C=O) groups excluding carboxylic acids is 1. The van der Waals surface area contributed by atoms with Crippen molar-refractivity contribution in [2.75, 3.05) is 0 Å². The van der Waals surface area contributed by atoms with E-state index in [-0.39, 0.29) is 5.91 Å². The maximum absolute atomic E-state index is 13.3. The summed E-state index contributed by atoms with van der Waals surface area (Å²) in [5.41, 5.74) is 2.13. The van der Waals surface area contributed by atoms with E-state index in [4.69, 9.17) is 0 Å². The number of nitrogens with one attached hydrogen (secondary N) is 1. The number of benzene rings is 2. The molecule has 0 saturated heterocycles. The zero-order valence-corrected chi connectivity index (χ0v) is 11.1. The fraction of sp³-hybridized carbons (Fsp3) is 0.118. The van der Waals surface area contributed by atoms with Gasteiger partial charge in [-0.1, -0.05) is 42.5 Å². The van der Waals surface area contributed by atoms with Gasteiger partial charge in [0.15, 0.2) is 0 Å². The van der Waals surface area contributed by atoms with Crippen molar-refractivity contribution in [3.05, 3.63) is 83.7 Å². The normalized spacial score (nSPS) is 10.1. The third-order valence-corrected chi connectivity index (χ3v) is 2.98. The number of carbonyl (C=O) groups is 1. The van der Waals surface area contributed by atoms with Crippen molar-refractivity contribution in [1.82, 2.24) is 5.32 Å². The number of rotatable bonds is 5. The first-order chi connectivity index (χ1) is 9.70. The lowest BCUT2D eigenvalue weighted by molar-refractivity contribution is 0.0949. The van der Waals surface area contributed by atoms with Gasteiger partial charge in [0, 0.05) is 12.1 Å². The molecule has 0 bridgehead atoms. The Kier molecular flexibility index (Phi) is 4.66. The smallest absolute Gasteiger partial charge is 0.251 e. The molecule has 0 unspecified atom stereocenters. The van der Waals surface area contributed by atoms with Gasteiger partial charge in [-0.2, -0.15) is 0 Å². The second-order valence-electron chi connectivity index (χ2n) is 4.46. The number of amides is 1. The quantitative estimate of drug-likeness (QED) is 0.827. The average Bonchev–Trinajstić information content (AvgIpc) is 2.48. The van der Waals surface area contributed by atoms with Crippen LogP contribution in [0.2, 0.25) is 0 Å². The highest BCUT2D eigenvalue weighted by Gasteiger charge is 2.11. The Hall–Kier alpha value is -2.42. The van der Waals surface area contributed by atoms with Gasteiger partial charge >= 0.3 is 0 Å². The van der Waals surface area contributed by atoms with Crippen molar-refractivity contribution in [2.24, 2.45) is 0 Å². The van der Waals surface area contributed by atoms with Crippen LogP contribution in [-0.2, 0) is 13.0 Å². The van der Waals surface area contributed by atoms with E-state index in [0.29, 0.717) is 18.5 Å². The molecule has 0 saturated carbocycles. The molecule has 0 fully saturated rings. The van der Waals surface area contributed by atoms with Crippen LogP contribution in [0.15, 0.2) is 61.2 Å². The molecule has 1 amide bonds. The monoisotopic (exact) mass is 269 g/mol. The summed E-state index contributed by atoms with van der Waals surface area (Å²) in [6.07, 6.45) is 2.23. The predicted molar refractivity (Wildman–Crippen MR) is 77.9 cm³/mol. The van der Waals surface area contributed by atoms with Crippen molar-refractivity contribution in [1.29, 1.82) is 0 Å². The Morgan fingerprint density at radius 1 is 1.20 bits per heavy atom. The second-order valence-corrected chi connectivity index (χ2v) is 4.46. The molecule has 0 spiro atoms. The van der Waals surface area contributed by atoms with E-state index < -0.39 is 5.82 Å². The van der Waals surface area contributed by atoms with Crippen LogP contribution in [0.3, 0.4) is 0 Å². The minimum Gasteiger partial charge on any atom is -0.348 e. The molecule has 0 heterocycles. The van der Waals surface area contributed by atoms with Crippen LogP contribution < -0.4 is 5.32 Å². The van der Waals surface area contributed by atoms with Gasteiger partial charge in [0.2, 0.25) is 0 Å². The van der Waals surface area contributed by atoms with Crippen LogP contribution in [0.4, 0.5) is 4.39 Å². The lowest BCUT2D eigenvalue weighted by atomic mass is 10.0. The molecule has 1 N–H and O–H groups in total. The van der Waals surface area contributed by atoms with Crippen molar-refractivity contribution in [2.45, 2.75) is 13.0 Å². The first kappa shape index (κ1) is 14.0. The Morgan fingerprint density at radius 2 is 1.95 bits per heavy atom. The molecule has 102 valence electrons. The van der Waals surface area contributed by atoms with Crippen LogP contribution in [-0.4, -0.2) is 5.91 Å². The number of allylic oxidation sites excluding steroid dienone is 1. The van der Waals surface area contributed by atoms with E-state index in [2.05, 4.69) is 11.9 Å². The standard InChI is InChI=1S/C17H16FNO/c1-2-6-14-9-10-15(18)11-16(14)17(20)19-12-13-7-4-3-5-8-13/h2-5,7-11H,1,6,12H2,(H,19,20). The molecule has 2 aromatic carbocycles. The SMILES string of the molecule is C=CCc1ccc(F)cc1C(=O)NCc1ccccc1. The molecule has 0 aromatic heterocycles. The summed E-state index contributed by atoms with van der Waals surface area (Å²) in [6.45, 7) is 4.07. The summed E-state index contributed by atoms with van der Waals surface area (Å²) in [6, 6.07) is 13.8. The Balaban J connectivity index is 2.12. The molecule has 0 aliphatic rings. The van der Waals surface area contributed by atoms with Crippen LogP contribution in [0.25, 0.3) is 0 Å². The van der Waals surface area contributed by atoms with Gasteiger partial charge in [-0.25, -0.2) is 4.39 Å². The molecule has 0 aliphatic carbocycles. The van der Waals surface area contributed by atoms with E-state index in [1.54, 1.807) is 12.1 Å². The first-order valence-corrected chi connectivity index (χ1v) is 6.42. The lowest BCUT2D eigenvalue weighted by Crippen LogP contribution is -2.24. The van der Waals surface area contributed by atoms with Crippen molar-refractivity contribution >= 4 is 5.91 Å². The fourth-order valence-corrected chi connectivity index (χ4v) is 1.97. The highest BCUT2D eigenvalue weighted by molar-refractivity contribution is 5.95. The van der Waals surface area contributed by atoms with Crippen molar-refractivity contribution < 1.29 is 9.18 Å². The molecule has 2 rings (SSSR count). The van der Waals surface area contributed by atoms with E-state index in [0.717, 1.165) is 11.1 Å². The molecule has 20 heavy (non-hydrogen) atoms. The Bertz CT molecular complexity index is 608. The maximum atomic E-state index is 13.3. The molecule has 0 aliphatic heterocycles.